The van der Waals surface area contributed by atoms with Crippen molar-refractivity contribution >= 4 is 16.7 Å². The smallest absolute Gasteiger partial charge is 0.201 e. The number of nitriles is 1. The molecular weight excluding hydrogens is 632 g/mol. The van der Waals surface area contributed by atoms with Crippen LogP contribution in [-0.2, 0) is 12.4 Å². The fourth-order valence-corrected chi connectivity index (χ4v) is 4.43. The topological polar surface area (TPSA) is 49.6 Å². The third kappa shape index (κ3) is 5.40. The van der Waals surface area contributed by atoms with Gasteiger partial charge in [-0.15, -0.1) is 0 Å². The summed E-state index contributed by atoms with van der Waals surface area (Å²) in [6.07, 6.45) is -10.8. The SMILES string of the molecule is C/C(=C1/C(=C(C#N)c2cc(C(F)(F)F)cc(C(F)(F)F)c2)/C1=C(\C)c1c(F)c(F)nc(F)c1F)c1c(F)c(F)nc(F)c1F. The highest BCUT2D eigenvalue weighted by Gasteiger charge is 2.43. The molecule has 0 bridgehead atoms. The molecule has 0 amide bonds. The number of halogens is 14. The summed E-state index contributed by atoms with van der Waals surface area (Å²) in [7, 11) is 0. The lowest BCUT2D eigenvalue weighted by molar-refractivity contribution is -0.143. The van der Waals surface area contributed by atoms with Gasteiger partial charge in [0.05, 0.1) is 27.8 Å². The Morgan fingerprint density at radius 1 is 0.568 bits per heavy atom. The molecule has 1 aliphatic carbocycles. The molecule has 0 atom stereocenters. The number of nitrogens with zero attached hydrogens (tertiary/aromatic N) is 3. The molecule has 230 valence electrons. The first-order valence-electron chi connectivity index (χ1n) is 11.5. The fraction of sp³-hybridized carbons (Fsp3) is 0.148. The summed E-state index contributed by atoms with van der Waals surface area (Å²) in [5.74, 6) is -17.4. The highest BCUT2D eigenvalue weighted by atomic mass is 19.4. The minimum atomic E-state index is -5.41. The monoisotopic (exact) mass is 641 g/mol. The largest absolute Gasteiger partial charge is 0.416 e. The molecule has 44 heavy (non-hydrogen) atoms. The zero-order valence-electron chi connectivity index (χ0n) is 21.4. The maximum atomic E-state index is 14.6. The van der Waals surface area contributed by atoms with E-state index < -0.39 is 121 Å². The van der Waals surface area contributed by atoms with Crippen LogP contribution < -0.4 is 0 Å². The molecule has 2 aromatic heterocycles. The molecule has 0 unspecified atom stereocenters. The van der Waals surface area contributed by atoms with E-state index in [9.17, 15) is 66.7 Å². The maximum Gasteiger partial charge on any atom is 0.416 e. The third-order valence-electron chi connectivity index (χ3n) is 6.42. The van der Waals surface area contributed by atoms with Crippen molar-refractivity contribution in [1.82, 2.24) is 9.97 Å². The molecule has 1 saturated carbocycles. The summed E-state index contributed by atoms with van der Waals surface area (Å²) < 4.78 is 195. The van der Waals surface area contributed by atoms with Crippen LogP contribution in [0.3, 0.4) is 0 Å². The summed E-state index contributed by atoms with van der Waals surface area (Å²) in [5, 5.41) is 9.84. The number of benzene rings is 1. The first kappa shape index (κ1) is 32.2. The normalized spacial score (nSPS) is 17.0. The Labute approximate surface area is 236 Å². The summed E-state index contributed by atoms with van der Waals surface area (Å²) in [5.41, 5.74) is -13.2. The van der Waals surface area contributed by atoms with Crippen LogP contribution in [0.1, 0.15) is 41.7 Å². The molecule has 2 heterocycles. The van der Waals surface area contributed by atoms with E-state index in [-0.39, 0.29) is 18.2 Å². The maximum absolute atomic E-state index is 14.6. The second-order valence-corrected chi connectivity index (χ2v) is 9.05. The number of aromatic nitrogens is 2. The molecule has 0 spiro atoms. The molecule has 1 fully saturated rings. The Kier molecular flexibility index (Phi) is 7.86. The molecule has 0 radical (unpaired) electrons. The van der Waals surface area contributed by atoms with Crippen LogP contribution in [0.15, 0.2) is 34.9 Å². The van der Waals surface area contributed by atoms with Crippen LogP contribution in [0.25, 0.3) is 16.7 Å². The number of rotatable bonds is 3. The Morgan fingerprint density at radius 3 is 1.16 bits per heavy atom. The van der Waals surface area contributed by atoms with E-state index in [0.29, 0.717) is 0 Å². The molecule has 0 aliphatic heterocycles. The van der Waals surface area contributed by atoms with Gasteiger partial charge < -0.3 is 0 Å². The Bertz CT molecular complexity index is 1720. The third-order valence-corrected chi connectivity index (χ3v) is 6.42. The van der Waals surface area contributed by atoms with Crippen LogP contribution in [0.4, 0.5) is 61.5 Å². The van der Waals surface area contributed by atoms with Crippen LogP contribution in [-0.4, -0.2) is 9.97 Å². The van der Waals surface area contributed by atoms with E-state index in [1.54, 1.807) is 0 Å². The second-order valence-electron chi connectivity index (χ2n) is 9.05. The molecule has 0 N–H and O–H groups in total. The van der Waals surface area contributed by atoms with Crippen molar-refractivity contribution in [3.8, 4) is 6.07 Å². The van der Waals surface area contributed by atoms with Crippen molar-refractivity contribution in [1.29, 1.82) is 5.26 Å². The van der Waals surface area contributed by atoms with Gasteiger partial charge in [0.25, 0.3) is 23.8 Å². The van der Waals surface area contributed by atoms with E-state index in [0.717, 1.165) is 13.8 Å². The number of hydrogen-bond acceptors (Lipinski definition) is 3. The van der Waals surface area contributed by atoms with Gasteiger partial charge in [-0.25, -0.2) is 17.6 Å². The minimum Gasteiger partial charge on any atom is -0.201 e. The molecule has 3 nitrogen and oxygen atoms in total. The lowest BCUT2D eigenvalue weighted by atomic mass is 9.98. The van der Waals surface area contributed by atoms with E-state index in [1.165, 1.54) is 6.07 Å². The number of alkyl halides is 6. The van der Waals surface area contributed by atoms with Crippen molar-refractivity contribution in [3.63, 3.8) is 0 Å². The lowest BCUT2D eigenvalue weighted by Gasteiger charge is -2.14. The van der Waals surface area contributed by atoms with Crippen LogP contribution in [0, 0.1) is 58.4 Å². The summed E-state index contributed by atoms with van der Waals surface area (Å²) >= 11 is 0. The Balaban J connectivity index is 2.21. The van der Waals surface area contributed by atoms with E-state index in [2.05, 4.69) is 9.97 Å². The average Bonchev–Trinajstić information content (AvgIpc) is 3.65. The van der Waals surface area contributed by atoms with Gasteiger partial charge >= 0.3 is 12.4 Å². The molecule has 17 heteroatoms. The predicted molar refractivity (Wildman–Crippen MR) is 122 cm³/mol. The molecular formula is C27H9F14N3. The first-order valence-corrected chi connectivity index (χ1v) is 11.5. The molecule has 3 aromatic rings. The van der Waals surface area contributed by atoms with Crippen molar-refractivity contribution in [2.45, 2.75) is 26.2 Å². The van der Waals surface area contributed by atoms with Gasteiger partial charge in [0, 0.05) is 5.57 Å². The first-order chi connectivity index (χ1) is 20.2. The number of pyridine rings is 2. The molecule has 4 rings (SSSR count). The predicted octanol–water partition coefficient (Wildman–Crippen LogP) is 8.87. The van der Waals surface area contributed by atoms with Gasteiger partial charge in [-0.1, -0.05) is 0 Å². The van der Waals surface area contributed by atoms with Crippen LogP contribution >= 0.6 is 0 Å². The second kappa shape index (κ2) is 10.8. The van der Waals surface area contributed by atoms with Crippen LogP contribution in [0.2, 0.25) is 0 Å². The van der Waals surface area contributed by atoms with Crippen LogP contribution in [0.5, 0.6) is 0 Å². The highest BCUT2D eigenvalue weighted by molar-refractivity contribution is 6.08. The van der Waals surface area contributed by atoms with Crippen molar-refractivity contribution in [3.05, 3.63) is 110 Å². The Hall–Kier alpha value is -4.75. The summed E-state index contributed by atoms with van der Waals surface area (Å²) in [6.45, 7) is 1.44. The standard InChI is InChI=1S/C27H9F14N3/c1-7(15-18(28)22(32)43-23(33)19(15)29)13-14(8(2)16-20(30)24(34)44-25(35)21(16)31)17(13)12(6-42)9-3-10(26(36,37)38)5-11(4-9)27(39,40)41/h3-5H,1-2H3/b13-7-,14-8+,17-12?. The summed E-state index contributed by atoms with van der Waals surface area (Å²) in [6, 6.07) is 1.17. The van der Waals surface area contributed by atoms with Crippen molar-refractivity contribution in [2.24, 2.45) is 0 Å². The zero-order valence-corrected chi connectivity index (χ0v) is 21.4. The lowest BCUT2D eigenvalue weighted by Crippen LogP contribution is -2.11. The Morgan fingerprint density at radius 2 is 0.886 bits per heavy atom. The van der Waals surface area contributed by atoms with Gasteiger partial charge in [-0.3, -0.25) is 0 Å². The van der Waals surface area contributed by atoms with Gasteiger partial charge in [0.15, 0.2) is 23.3 Å². The van der Waals surface area contributed by atoms with E-state index in [4.69, 9.17) is 0 Å². The van der Waals surface area contributed by atoms with Crippen molar-refractivity contribution in [2.75, 3.05) is 0 Å². The minimum absolute atomic E-state index is 0.0822. The summed E-state index contributed by atoms with van der Waals surface area (Å²) in [4.78, 5) is 4.68. The van der Waals surface area contributed by atoms with Gasteiger partial charge in [-0.05, 0) is 59.9 Å². The molecule has 0 saturated heterocycles. The van der Waals surface area contributed by atoms with E-state index in [1.807, 2.05) is 0 Å². The van der Waals surface area contributed by atoms with Gasteiger partial charge in [-0.2, -0.15) is 59.1 Å². The molecule has 1 aromatic carbocycles. The van der Waals surface area contributed by atoms with Gasteiger partial charge in [0.2, 0.25) is 0 Å². The number of hydrogen-bond donors (Lipinski definition) is 0. The van der Waals surface area contributed by atoms with E-state index >= 15 is 0 Å². The molecule has 1 aliphatic rings. The number of allylic oxidation sites excluding steroid dienone is 6. The zero-order chi connectivity index (χ0) is 33.2. The quantitative estimate of drug-likeness (QED) is 0.163. The van der Waals surface area contributed by atoms with Crippen molar-refractivity contribution < 1.29 is 61.5 Å². The fourth-order valence-electron chi connectivity index (χ4n) is 4.43. The van der Waals surface area contributed by atoms with Gasteiger partial charge in [0.1, 0.15) is 6.07 Å². The highest BCUT2D eigenvalue weighted by Crippen LogP contribution is 2.57. The average molecular weight is 641 g/mol.